The molecule has 0 atom stereocenters. The normalized spacial score (nSPS) is 11.2. The van der Waals surface area contributed by atoms with Crippen LogP contribution in [0, 0.1) is 0 Å². The number of carbonyl (C=O) groups is 3. The molecule has 0 fully saturated rings. The summed E-state index contributed by atoms with van der Waals surface area (Å²) in [5, 5.41) is 15.1. The molecule has 4 aromatic rings. The summed E-state index contributed by atoms with van der Waals surface area (Å²) in [5.41, 5.74) is 10.6. The molecule has 0 saturated heterocycles. The van der Waals surface area contributed by atoms with E-state index in [1.54, 1.807) is 18.2 Å². The first-order chi connectivity index (χ1) is 23.1. The maximum atomic E-state index is 13.6. The standard InChI is InChI=1S/C32H33BrN4O4S.C2HF3O2/c33-30-10-2-1-6-27(30)21-31(38)37(18-15-23-11-13-29(14-12-23)42(35,40)41)22-24-5-3-7-25(19-24)26-8-4-9-28(20-26)32(39)36-17-16-34;3-2(4,5)1(6)7/h1-14,19-20H,15-18,21-22,34H2,(H,36,39)(H2,35,40,41);(H,6,7). The van der Waals surface area contributed by atoms with Crippen molar-refractivity contribution in [1.82, 2.24) is 10.2 Å². The summed E-state index contributed by atoms with van der Waals surface area (Å²) in [4.78, 5) is 36.8. The van der Waals surface area contributed by atoms with Crippen molar-refractivity contribution in [2.24, 2.45) is 10.9 Å². The highest BCUT2D eigenvalue weighted by atomic mass is 79.9. The second-order valence-corrected chi connectivity index (χ2v) is 13.1. The largest absolute Gasteiger partial charge is 0.490 e. The lowest BCUT2D eigenvalue weighted by molar-refractivity contribution is -0.192. The molecule has 0 saturated carbocycles. The van der Waals surface area contributed by atoms with Gasteiger partial charge in [0.15, 0.2) is 0 Å². The van der Waals surface area contributed by atoms with Gasteiger partial charge in [0.2, 0.25) is 15.9 Å². The molecule has 0 aliphatic rings. The van der Waals surface area contributed by atoms with Crippen LogP contribution in [0.3, 0.4) is 0 Å². The first-order valence-electron chi connectivity index (χ1n) is 14.7. The lowest BCUT2D eigenvalue weighted by atomic mass is 10.0. The van der Waals surface area contributed by atoms with E-state index in [4.69, 9.17) is 20.8 Å². The minimum absolute atomic E-state index is 0.0352. The Bertz CT molecular complexity index is 1870. The number of carboxylic acids is 1. The SMILES string of the molecule is NCCNC(=O)c1cccc(-c2cccc(CN(CCc3ccc(S(N)(=O)=O)cc3)C(=O)Cc3ccccc3Br)c2)c1.O=C(O)C(F)(F)F. The van der Waals surface area contributed by atoms with Crippen LogP contribution in [0.25, 0.3) is 11.1 Å². The summed E-state index contributed by atoms with van der Waals surface area (Å²) in [6.07, 6.45) is -4.32. The lowest BCUT2D eigenvalue weighted by Crippen LogP contribution is -2.33. The molecule has 4 rings (SSSR count). The second kappa shape index (κ2) is 17.7. The zero-order chi connectivity index (χ0) is 36.2. The molecule has 2 amide bonds. The number of alkyl halides is 3. The topological polar surface area (TPSA) is 173 Å². The van der Waals surface area contributed by atoms with Gasteiger partial charge in [0.1, 0.15) is 0 Å². The van der Waals surface area contributed by atoms with Gasteiger partial charge in [-0.05, 0) is 70.6 Å². The van der Waals surface area contributed by atoms with Gasteiger partial charge in [0.25, 0.3) is 5.91 Å². The Morgan fingerprint density at radius 2 is 1.47 bits per heavy atom. The minimum atomic E-state index is -5.08. The van der Waals surface area contributed by atoms with E-state index in [0.717, 1.165) is 32.3 Å². The third kappa shape index (κ3) is 12.4. The number of primary sulfonamides is 1. The van der Waals surface area contributed by atoms with Gasteiger partial charge in [0.05, 0.1) is 11.3 Å². The summed E-state index contributed by atoms with van der Waals surface area (Å²) in [7, 11) is -3.78. The summed E-state index contributed by atoms with van der Waals surface area (Å²) < 4.78 is 55.9. The lowest BCUT2D eigenvalue weighted by Gasteiger charge is -2.24. The van der Waals surface area contributed by atoms with Crippen molar-refractivity contribution in [3.05, 3.63) is 124 Å². The van der Waals surface area contributed by atoms with Gasteiger partial charge in [-0.25, -0.2) is 18.4 Å². The van der Waals surface area contributed by atoms with Crippen LogP contribution in [-0.4, -0.2) is 62.0 Å². The number of nitrogens with one attached hydrogen (secondary N) is 1. The fraction of sp³-hybridized carbons (Fsp3) is 0.206. The quantitative estimate of drug-likeness (QED) is 0.159. The predicted molar refractivity (Wildman–Crippen MR) is 182 cm³/mol. The number of carboxylic acid groups (broad SMARTS) is 1. The fourth-order valence-electron chi connectivity index (χ4n) is 4.52. The van der Waals surface area contributed by atoms with Gasteiger partial charge in [-0.2, -0.15) is 13.2 Å². The number of rotatable bonds is 12. The van der Waals surface area contributed by atoms with E-state index in [-0.39, 0.29) is 23.1 Å². The Morgan fingerprint density at radius 3 is 2.06 bits per heavy atom. The number of halogens is 4. The first kappa shape index (κ1) is 38.9. The van der Waals surface area contributed by atoms with E-state index in [1.807, 2.05) is 71.6 Å². The van der Waals surface area contributed by atoms with E-state index >= 15 is 0 Å². The van der Waals surface area contributed by atoms with Crippen LogP contribution >= 0.6 is 15.9 Å². The van der Waals surface area contributed by atoms with E-state index < -0.39 is 22.2 Å². The summed E-state index contributed by atoms with van der Waals surface area (Å²) in [6, 6.07) is 29.3. The highest BCUT2D eigenvalue weighted by Crippen LogP contribution is 2.24. The average molecular weight is 764 g/mol. The number of carbonyl (C=O) groups excluding carboxylic acids is 2. The molecule has 6 N–H and O–H groups in total. The second-order valence-electron chi connectivity index (χ2n) is 10.7. The maximum absolute atomic E-state index is 13.6. The van der Waals surface area contributed by atoms with Gasteiger partial charge in [-0.3, -0.25) is 9.59 Å². The molecule has 0 heterocycles. The monoisotopic (exact) mass is 762 g/mol. The Hall–Kier alpha value is -4.57. The van der Waals surface area contributed by atoms with Crippen molar-refractivity contribution in [2.75, 3.05) is 19.6 Å². The maximum Gasteiger partial charge on any atom is 0.490 e. The molecular formula is C34H34BrF3N4O6S. The van der Waals surface area contributed by atoms with Crippen LogP contribution in [0.5, 0.6) is 0 Å². The molecule has 0 aromatic heterocycles. The molecule has 0 aliphatic carbocycles. The number of amides is 2. The average Bonchev–Trinajstić information content (AvgIpc) is 3.06. The van der Waals surface area contributed by atoms with Crippen molar-refractivity contribution in [3.8, 4) is 11.1 Å². The summed E-state index contributed by atoms with van der Waals surface area (Å²) in [6.45, 7) is 1.57. The number of aliphatic carboxylic acids is 1. The minimum Gasteiger partial charge on any atom is -0.475 e. The zero-order valence-electron chi connectivity index (χ0n) is 26.0. The molecule has 0 unspecified atom stereocenters. The first-order valence-corrected chi connectivity index (χ1v) is 17.0. The van der Waals surface area contributed by atoms with Crippen molar-refractivity contribution >= 4 is 43.7 Å². The predicted octanol–water partition coefficient (Wildman–Crippen LogP) is 4.90. The summed E-state index contributed by atoms with van der Waals surface area (Å²) >= 11 is 3.54. The number of sulfonamides is 1. The third-order valence-electron chi connectivity index (χ3n) is 7.01. The molecule has 4 aromatic carbocycles. The summed E-state index contributed by atoms with van der Waals surface area (Å²) in [5.74, 6) is -2.97. The molecule has 15 heteroatoms. The number of benzene rings is 4. The Labute approximate surface area is 290 Å². The highest BCUT2D eigenvalue weighted by Gasteiger charge is 2.38. The van der Waals surface area contributed by atoms with Crippen LogP contribution in [0.15, 0.2) is 106 Å². The van der Waals surface area contributed by atoms with Crippen LogP contribution in [0.1, 0.15) is 27.0 Å². The zero-order valence-corrected chi connectivity index (χ0v) is 28.4. The molecule has 260 valence electrons. The van der Waals surface area contributed by atoms with Crippen molar-refractivity contribution in [2.45, 2.75) is 30.5 Å². The van der Waals surface area contributed by atoms with E-state index in [9.17, 15) is 31.2 Å². The van der Waals surface area contributed by atoms with Gasteiger partial charge in [0, 0.05) is 36.2 Å². The Morgan fingerprint density at radius 1 is 0.857 bits per heavy atom. The number of nitrogens with two attached hydrogens (primary N) is 2. The molecule has 0 spiro atoms. The van der Waals surface area contributed by atoms with Crippen LogP contribution in [0.4, 0.5) is 13.2 Å². The van der Waals surface area contributed by atoms with Gasteiger partial charge in [-0.1, -0.05) is 76.6 Å². The van der Waals surface area contributed by atoms with Gasteiger partial charge < -0.3 is 21.1 Å². The molecule has 49 heavy (non-hydrogen) atoms. The van der Waals surface area contributed by atoms with Gasteiger partial charge in [-0.15, -0.1) is 0 Å². The van der Waals surface area contributed by atoms with E-state index in [1.165, 1.54) is 12.1 Å². The molecule has 0 bridgehead atoms. The number of hydrogen-bond donors (Lipinski definition) is 4. The van der Waals surface area contributed by atoms with Crippen LogP contribution < -0.4 is 16.2 Å². The molecule has 0 aliphatic heterocycles. The Balaban J connectivity index is 0.000000838. The van der Waals surface area contributed by atoms with Crippen LogP contribution in [-0.2, 0) is 39.0 Å². The van der Waals surface area contributed by atoms with Crippen molar-refractivity contribution in [3.63, 3.8) is 0 Å². The number of hydrogen-bond acceptors (Lipinski definition) is 6. The molecule has 0 radical (unpaired) electrons. The smallest absolute Gasteiger partial charge is 0.475 e. The van der Waals surface area contributed by atoms with Crippen molar-refractivity contribution < 1.29 is 41.1 Å². The third-order valence-corrected chi connectivity index (χ3v) is 8.71. The van der Waals surface area contributed by atoms with Crippen LogP contribution in [0.2, 0.25) is 0 Å². The van der Waals surface area contributed by atoms with E-state index in [2.05, 4.69) is 21.2 Å². The fourth-order valence-corrected chi connectivity index (χ4v) is 5.46. The highest BCUT2D eigenvalue weighted by molar-refractivity contribution is 9.10. The van der Waals surface area contributed by atoms with E-state index in [0.29, 0.717) is 38.2 Å². The molecule has 10 nitrogen and oxygen atoms in total. The number of nitrogens with zero attached hydrogens (tertiary/aromatic N) is 1. The Kier molecular flexibility index (Phi) is 14.1. The van der Waals surface area contributed by atoms with Crippen molar-refractivity contribution in [1.29, 1.82) is 0 Å². The molecular weight excluding hydrogens is 729 g/mol. The van der Waals surface area contributed by atoms with Gasteiger partial charge >= 0.3 is 12.1 Å².